The Morgan fingerprint density at radius 3 is 2.59 bits per heavy atom. The van der Waals surface area contributed by atoms with Gasteiger partial charge in [0, 0.05) is 44.7 Å². The monoisotopic (exact) mass is 312 g/mol. The zero-order chi connectivity index (χ0) is 16.1. The van der Waals surface area contributed by atoms with Gasteiger partial charge in [0.2, 0.25) is 5.91 Å². The molecule has 126 valence electrons. The molecular weight excluding hydrogens is 284 g/mol. The minimum absolute atomic E-state index is 0.0661. The first-order valence-electron chi connectivity index (χ1n) is 8.12. The third-order valence-corrected chi connectivity index (χ3v) is 4.13. The van der Waals surface area contributed by atoms with E-state index in [0.29, 0.717) is 13.0 Å². The molecule has 0 radical (unpaired) electrons. The normalized spacial score (nSPS) is 24.6. The number of ether oxygens (including phenoxy) is 1. The van der Waals surface area contributed by atoms with Crippen molar-refractivity contribution in [2.45, 2.75) is 45.3 Å². The predicted molar refractivity (Wildman–Crippen MR) is 83.6 cm³/mol. The zero-order valence-corrected chi connectivity index (χ0v) is 13.8. The lowest BCUT2D eigenvalue weighted by atomic mass is 10.2. The fourth-order valence-corrected chi connectivity index (χ4v) is 2.99. The van der Waals surface area contributed by atoms with Crippen molar-refractivity contribution in [2.24, 2.45) is 0 Å². The summed E-state index contributed by atoms with van der Waals surface area (Å²) in [5.74, 6) is 0.113. The van der Waals surface area contributed by atoms with Crippen LogP contribution in [-0.4, -0.2) is 79.3 Å². The Kier molecular flexibility index (Phi) is 6.02. The predicted octanol–water partition coefficient (Wildman–Crippen LogP) is 0.0156. The number of hydrogen-bond donors (Lipinski definition) is 2. The summed E-state index contributed by atoms with van der Waals surface area (Å²) in [7, 11) is 0. The van der Waals surface area contributed by atoms with E-state index >= 15 is 0 Å². The first-order valence-corrected chi connectivity index (χ1v) is 8.12. The summed E-state index contributed by atoms with van der Waals surface area (Å²) in [4.78, 5) is 28.0. The van der Waals surface area contributed by atoms with Crippen LogP contribution in [0.1, 0.15) is 27.2 Å². The Morgan fingerprint density at radius 1 is 1.32 bits per heavy atom. The van der Waals surface area contributed by atoms with Crippen molar-refractivity contribution in [3.05, 3.63) is 0 Å². The lowest BCUT2D eigenvalue weighted by Crippen LogP contribution is -2.50. The fraction of sp³-hybridized carbons (Fsp3) is 0.867. The molecule has 7 heteroatoms. The number of morpholine rings is 1. The van der Waals surface area contributed by atoms with Gasteiger partial charge in [-0.25, -0.2) is 4.79 Å². The minimum atomic E-state index is -0.191. The molecule has 2 saturated heterocycles. The second kappa shape index (κ2) is 7.78. The van der Waals surface area contributed by atoms with Gasteiger partial charge in [-0.3, -0.25) is 9.69 Å². The Hall–Kier alpha value is -1.34. The van der Waals surface area contributed by atoms with E-state index in [1.54, 1.807) is 0 Å². The Balaban J connectivity index is 1.70. The van der Waals surface area contributed by atoms with Gasteiger partial charge < -0.3 is 20.3 Å². The SMILES string of the molecule is CC(CN1CCOCC1)NC(=O)NC1CC(=O)N(C(C)C)C1. The average Bonchev–Trinajstić information content (AvgIpc) is 2.80. The summed E-state index contributed by atoms with van der Waals surface area (Å²) in [5.41, 5.74) is 0. The maximum atomic E-state index is 12.0. The van der Waals surface area contributed by atoms with Gasteiger partial charge in [0.15, 0.2) is 0 Å². The first-order chi connectivity index (χ1) is 10.5. The molecule has 2 heterocycles. The highest BCUT2D eigenvalue weighted by Crippen LogP contribution is 2.14. The van der Waals surface area contributed by atoms with Gasteiger partial charge in [-0.05, 0) is 20.8 Å². The summed E-state index contributed by atoms with van der Waals surface area (Å²) in [6.45, 7) is 10.7. The number of likely N-dealkylation sites (tertiary alicyclic amines) is 1. The van der Waals surface area contributed by atoms with Gasteiger partial charge in [0.05, 0.1) is 19.3 Å². The number of carbonyl (C=O) groups excluding carboxylic acids is 2. The number of nitrogens with zero attached hydrogens (tertiary/aromatic N) is 2. The largest absolute Gasteiger partial charge is 0.379 e. The molecule has 0 saturated carbocycles. The summed E-state index contributed by atoms with van der Waals surface area (Å²) in [5, 5.41) is 5.86. The van der Waals surface area contributed by atoms with Crippen molar-refractivity contribution in [3.63, 3.8) is 0 Å². The van der Waals surface area contributed by atoms with Crippen LogP contribution in [0.3, 0.4) is 0 Å². The van der Waals surface area contributed by atoms with E-state index in [4.69, 9.17) is 4.74 Å². The number of amides is 3. The van der Waals surface area contributed by atoms with Crippen LogP contribution in [0.5, 0.6) is 0 Å². The van der Waals surface area contributed by atoms with E-state index in [1.807, 2.05) is 25.7 Å². The van der Waals surface area contributed by atoms with Gasteiger partial charge in [-0.15, -0.1) is 0 Å². The van der Waals surface area contributed by atoms with Crippen LogP contribution in [0, 0.1) is 0 Å². The Bertz CT molecular complexity index is 396. The second-order valence-corrected chi connectivity index (χ2v) is 6.47. The standard InChI is InChI=1S/C15H28N4O3/c1-11(2)19-10-13(8-14(19)20)17-15(21)16-12(3)9-18-4-6-22-7-5-18/h11-13H,4-10H2,1-3H3,(H2,16,17,21). The maximum Gasteiger partial charge on any atom is 0.315 e. The molecule has 2 N–H and O–H groups in total. The molecule has 2 aliphatic rings. The molecule has 0 bridgehead atoms. The maximum absolute atomic E-state index is 12.0. The molecule has 0 spiro atoms. The van der Waals surface area contributed by atoms with Crippen LogP contribution < -0.4 is 10.6 Å². The van der Waals surface area contributed by atoms with Crippen molar-refractivity contribution in [3.8, 4) is 0 Å². The number of urea groups is 1. The van der Waals surface area contributed by atoms with Gasteiger partial charge >= 0.3 is 6.03 Å². The van der Waals surface area contributed by atoms with Gasteiger partial charge in [-0.1, -0.05) is 0 Å². The van der Waals surface area contributed by atoms with E-state index in [0.717, 1.165) is 32.8 Å². The number of rotatable bonds is 5. The molecule has 2 unspecified atom stereocenters. The van der Waals surface area contributed by atoms with Crippen molar-refractivity contribution in [2.75, 3.05) is 39.4 Å². The van der Waals surface area contributed by atoms with Crippen molar-refractivity contribution >= 4 is 11.9 Å². The van der Waals surface area contributed by atoms with E-state index in [9.17, 15) is 9.59 Å². The van der Waals surface area contributed by atoms with Crippen molar-refractivity contribution < 1.29 is 14.3 Å². The highest BCUT2D eigenvalue weighted by Gasteiger charge is 2.32. The van der Waals surface area contributed by atoms with E-state index in [2.05, 4.69) is 15.5 Å². The minimum Gasteiger partial charge on any atom is -0.379 e. The zero-order valence-electron chi connectivity index (χ0n) is 13.8. The van der Waals surface area contributed by atoms with Crippen LogP contribution in [0.4, 0.5) is 4.79 Å². The molecule has 2 aliphatic heterocycles. The summed E-state index contributed by atoms with van der Waals surface area (Å²) < 4.78 is 5.31. The lowest BCUT2D eigenvalue weighted by Gasteiger charge is -2.29. The van der Waals surface area contributed by atoms with Crippen LogP contribution in [-0.2, 0) is 9.53 Å². The smallest absolute Gasteiger partial charge is 0.315 e. The lowest BCUT2D eigenvalue weighted by molar-refractivity contribution is -0.129. The third-order valence-electron chi connectivity index (χ3n) is 4.13. The highest BCUT2D eigenvalue weighted by molar-refractivity contribution is 5.81. The molecule has 7 nitrogen and oxygen atoms in total. The van der Waals surface area contributed by atoms with Gasteiger partial charge in [0.25, 0.3) is 0 Å². The topological polar surface area (TPSA) is 73.9 Å². The second-order valence-electron chi connectivity index (χ2n) is 6.47. The molecule has 0 aromatic carbocycles. The number of hydrogen-bond acceptors (Lipinski definition) is 4. The van der Waals surface area contributed by atoms with E-state index in [-0.39, 0.29) is 30.1 Å². The average molecular weight is 312 g/mol. The Labute approximate surface area is 132 Å². The Morgan fingerprint density at radius 2 is 2.00 bits per heavy atom. The molecule has 0 aromatic heterocycles. The molecular formula is C15H28N4O3. The first kappa shape index (κ1) is 17.0. The molecule has 0 aliphatic carbocycles. The van der Waals surface area contributed by atoms with Crippen LogP contribution in [0.15, 0.2) is 0 Å². The molecule has 22 heavy (non-hydrogen) atoms. The third kappa shape index (κ3) is 4.84. The van der Waals surface area contributed by atoms with Crippen LogP contribution >= 0.6 is 0 Å². The van der Waals surface area contributed by atoms with E-state index in [1.165, 1.54) is 0 Å². The molecule has 2 fully saturated rings. The quantitative estimate of drug-likeness (QED) is 0.750. The molecule has 3 amide bonds. The molecule has 2 atom stereocenters. The van der Waals surface area contributed by atoms with Crippen LogP contribution in [0.25, 0.3) is 0 Å². The fourth-order valence-electron chi connectivity index (χ4n) is 2.99. The summed E-state index contributed by atoms with van der Waals surface area (Å²) >= 11 is 0. The van der Waals surface area contributed by atoms with Gasteiger partial charge in [0.1, 0.15) is 0 Å². The van der Waals surface area contributed by atoms with E-state index < -0.39 is 0 Å². The number of nitrogens with one attached hydrogen (secondary N) is 2. The molecule has 0 aromatic rings. The van der Waals surface area contributed by atoms with Crippen LogP contribution in [0.2, 0.25) is 0 Å². The summed E-state index contributed by atoms with van der Waals surface area (Å²) in [6.07, 6.45) is 0.392. The summed E-state index contributed by atoms with van der Waals surface area (Å²) in [6, 6.07) is -0.0336. The highest BCUT2D eigenvalue weighted by atomic mass is 16.5. The molecule has 2 rings (SSSR count). The van der Waals surface area contributed by atoms with Gasteiger partial charge in [-0.2, -0.15) is 0 Å². The number of carbonyl (C=O) groups is 2. The van der Waals surface area contributed by atoms with Crippen molar-refractivity contribution in [1.29, 1.82) is 0 Å². The van der Waals surface area contributed by atoms with Crippen molar-refractivity contribution in [1.82, 2.24) is 20.4 Å².